The highest BCUT2D eigenvalue weighted by Gasteiger charge is 2.59. The minimum absolute atomic E-state index is 0. The molecule has 1 aliphatic carbocycles. The Hall–Kier alpha value is -2.44. The van der Waals surface area contributed by atoms with Crippen molar-refractivity contribution in [2.24, 2.45) is 0 Å². The standard InChI is InChI=1S/C23H22ClN5O2S.ClH/c24-19-12-16(3-2-15(19)13-25)28-21(30)23(8-1-9-23)29(22(28)32)17-4-5-20(27-14-17)31-18-6-10-26-11-7-18;/h2-5,12,14,18,26H,1,6-11H2;1H. The van der Waals surface area contributed by atoms with E-state index in [4.69, 9.17) is 33.8 Å². The Balaban J connectivity index is 0.00000259. The van der Waals surface area contributed by atoms with Gasteiger partial charge in [-0.15, -0.1) is 12.4 Å². The molecule has 5 rings (SSSR count). The van der Waals surface area contributed by atoms with Crippen molar-refractivity contribution in [1.82, 2.24) is 10.3 Å². The van der Waals surface area contributed by atoms with Crippen LogP contribution in [0.3, 0.4) is 0 Å². The molecule has 1 amide bonds. The summed E-state index contributed by atoms with van der Waals surface area (Å²) >= 11 is 12.0. The second-order valence-corrected chi connectivity index (χ2v) is 9.11. The molecule has 0 atom stereocenters. The van der Waals surface area contributed by atoms with E-state index in [0.717, 1.165) is 50.9 Å². The largest absolute Gasteiger partial charge is 0.474 e. The first-order valence-electron chi connectivity index (χ1n) is 10.8. The average Bonchev–Trinajstić information content (AvgIpc) is 3.02. The Morgan fingerprint density at radius 2 is 1.94 bits per heavy atom. The van der Waals surface area contributed by atoms with Gasteiger partial charge >= 0.3 is 0 Å². The van der Waals surface area contributed by atoms with Crippen LogP contribution in [0.2, 0.25) is 5.02 Å². The maximum absolute atomic E-state index is 13.5. The SMILES string of the molecule is Cl.N#Cc1ccc(N2C(=O)C3(CCC3)N(c3ccc(OC4CCNCC4)nc3)C2=S)cc1Cl. The minimum Gasteiger partial charge on any atom is -0.474 e. The summed E-state index contributed by atoms with van der Waals surface area (Å²) in [4.78, 5) is 21.5. The third kappa shape index (κ3) is 4.04. The van der Waals surface area contributed by atoms with Crippen LogP contribution in [-0.2, 0) is 4.79 Å². The number of pyridine rings is 1. The lowest BCUT2D eigenvalue weighted by Crippen LogP contribution is -2.55. The first kappa shape index (κ1) is 23.7. The van der Waals surface area contributed by atoms with Crippen molar-refractivity contribution in [1.29, 1.82) is 5.26 Å². The monoisotopic (exact) mass is 503 g/mol. The Kier molecular flexibility index (Phi) is 6.78. The van der Waals surface area contributed by atoms with Gasteiger partial charge in [0.1, 0.15) is 17.7 Å². The Morgan fingerprint density at radius 3 is 2.52 bits per heavy atom. The van der Waals surface area contributed by atoms with Crippen LogP contribution in [0.15, 0.2) is 36.5 Å². The van der Waals surface area contributed by atoms with Crippen LogP contribution in [-0.4, -0.2) is 40.7 Å². The third-order valence-corrected chi connectivity index (χ3v) is 7.15. The normalized spacial score (nSPS) is 19.8. The summed E-state index contributed by atoms with van der Waals surface area (Å²) in [6.45, 7) is 1.90. The van der Waals surface area contributed by atoms with Gasteiger partial charge in [-0.25, -0.2) is 4.98 Å². The summed E-state index contributed by atoms with van der Waals surface area (Å²) in [6.07, 6.45) is 6.21. The predicted molar refractivity (Wildman–Crippen MR) is 133 cm³/mol. The number of ether oxygens (including phenoxy) is 1. The maximum Gasteiger partial charge on any atom is 0.259 e. The lowest BCUT2D eigenvalue weighted by molar-refractivity contribution is -0.123. The molecule has 0 radical (unpaired) electrons. The fourth-order valence-corrected chi connectivity index (χ4v) is 5.29. The Labute approximate surface area is 209 Å². The molecule has 172 valence electrons. The molecular formula is C23H23Cl2N5O2S. The van der Waals surface area contributed by atoms with E-state index in [0.29, 0.717) is 27.3 Å². The van der Waals surface area contributed by atoms with Crippen LogP contribution in [0.4, 0.5) is 11.4 Å². The van der Waals surface area contributed by atoms with Crippen molar-refractivity contribution in [3.63, 3.8) is 0 Å². The number of halogens is 2. The Morgan fingerprint density at radius 1 is 1.21 bits per heavy atom. The number of aromatic nitrogens is 1. The van der Waals surface area contributed by atoms with Crippen LogP contribution in [0.1, 0.15) is 37.7 Å². The number of hydrogen-bond acceptors (Lipinski definition) is 6. The zero-order valence-electron chi connectivity index (χ0n) is 17.8. The molecule has 1 spiro atoms. The number of piperidine rings is 1. The number of nitrogens with one attached hydrogen (secondary N) is 1. The van der Waals surface area contributed by atoms with Crippen LogP contribution < -0.4 is 19.9 Å². The van der Waals surface area contributed by atoms with Gasteiger partial charge in [-0.1, -0.05) is 11.6 Å². The number of carbonyl (C=O) groups is 1. The van der Waals surface area contributed by atoms with Crippen LogP contribution >= 0.6 is 36.2 Å². The van der Waals surface area contributed by atoms with Crippen LogP contribution in [0.5, 0.6) is 5.88 Å². The van der Waals surface area contributed by atoms with E-state index >= 15 is 0 Å². The molecule has 7 nitrogen and oxygen atoms in total. The van der Waals surface area contributed by atoms with Gasteiger partial charge < -0.3 is 15.0 Å². The highest BCUT2D eigenvalue weighted by atomic mass is 35.5. The molecule has 3 heterocycles. The second-order valence-electron chi connectivity index (χ2n) is 8.34. The van der Waals surface area contributed by atoms with Gasteiger partial charge in [0.15, 0.2) is 5.11 Å². The van der Waals surface area contributed by atoms with Crippen molar-refractivity contribution < 1.29 is 9.53 Å². The van der Waals surface area contributed by atoms with E-state index in [-0.39, 0.29) is 24.4 Å². The first-order chi connectivity index (χ1) is 15.5. The summed E-state index contributed by atoms with van der Waals surface area (Å²) in [5.74, 6) is 0.514. The number of anilines is 2. The molecule has 0 unspecified atom stereocenters. The number of nitriles is 1. The fourth-order valence-electron chi connectivity index (χ4n) is 4.60. The number of thiocarbonyl (C=S) groups is 1. The van der Waals surface area contributed by atoms with E-state index < -0.39 is 5.54 Å². The number of amides is 1. The minimum atomic E-state index is -0.698. The number of hydrogen-bond donors (Lipinski definition) is 1. The molecule has 33 heavy (non-hydrogen) atoms. The van der Waals surface area contributed by atoms with Crippen molar-refractivity contribution in [3.05, 3.63) is 47.1 Å². The topological polar surface area (TPSA) is 81.5 Å². The highest BCUT2D eigenvalue weighted by Crippen LogP contribution is 2.48. The molecule has 2 aliphatic heterocycles. The smallest absolute Gasteiger partial charge is 0.259 e. The van der Waals surface area contributed by atoms with Gasteiger partial charge in [-0.2, -0.15) is 5.26 Å². The highest BCUT2D eigenvalue weighted by molar-refractivity contribution is 7.81. The zero-order valence-corrected chi connectivity index (χ0v) is 20.2. The Bertz CT molecular complexity index is 1110. The summed E-state index contributed by atoms with van der Waals surface area (Å²) in [6, 6.07) is 10.7. The maximum atomic E-state index is 13.5. The summed E-state index contributed by atoms with van der Waals surface area (Å²) < 4.78 is 6.02. The zero-order chi connectivity index (χ0) is 22.3. The van der Waals surface area contributed by atoms with Crippen molar-refractivity contribution in [2.45, 2.75) is 43.7 Å². The van der Waals surface area contributed by atoms with Gasteiger partial charge in [-0.05, 0) is 81.7 Å². The molecule has 1 aromatic heterocycles. The molecule has 0 bridgehead atoms. The predicted octanol–water partition coefficient (Wildman–Crippen LogP) is 4.22. The molecule has 2 aromatic rings. The van der Waals surface area contributed by atoms with Gasteiger partial charge in [0.25, 0.3) is 5.91 Å². The summed E-state index contributed by atoms with van der Waals surface area (Å²) in [5.41, 5.74) is 0.993. The lowest BCUT2D eigenvalue weighted by atomic mass is 9.75. The molecule has 2 saturated heterocycles. The molecule has 10 heteroatoms. The quantitative estimate of drug-likeness (QED) is 0.625. The number of rotatable bonds is 4. The van der Waals surface area contributed by atoms with E-state index in [1.807, 2.05) is 23.1 Å². The van der Waals surface area contributed by atoms with Gasteiger partial charge in [-0.3, -0.25) is 9.69 Å². The average molecular weight is 504 g/mol. The second kappa shape index (κ2) is 9.43. The van der Waals surface area contributed by atoms with E-state index in [9.17, 15) is 4.79 Å². The van der Waals surface area contributed by atoms with Gasteiger partial charge in [0, 0.05) is 6.07 Å². The molecule has 1 N–H and O–H groups in total. The van der Waals surface area contributed by atoms with E-state index in [1.165, 1.54) is 4.90 Å². The summed E-state index contributed by atoms with van der Waals surface area (Å²) in [7, 11) is 0. The van der Waals surface area contributed by atoms with Gasteiger partial charge in [0.05, 0.1) is 28.2 Å². The first-order valence-corrected chi connectivity index (χ1v) is 11.5. The summed E-state index contributed by atoms with van der Waals surface area (Å²) in [5, 5.41) is 13.2. The van der Waals surface area contributed by atoms with Crippen molar-refractivity contribution in [2.75, 3.05) is 22.9 Å². The fraction of sp³-hybridized carbons (Fsp3) is 0.391. The third-order valence-electron chi connectivity index (χ3n) is 6.48. The van der Waals surface area contributed by atoms with Crippen LogP contribution in [0.25, 0.3) is 0 Å². The molecule has 3 aliphatic rings. The number of carbonyl (C=O) groups excluding carboxylic acids is 1. The number of nitrogens with zero attached hydrogens (tertiary/aromatic N) is 4. The van der Waals surface area contributed by atoms with Crippen molar-refractivity contribution >= 4 is 58.6 Å². The number of benzene rings is 1. The van der Waals surface area contributed by atoms with Crippen molar-refractivity contribution in [3.8, 4) is 11.9 Å². The van der Waals surface area contributed by atoms with Gasteiger partial charge in [0.2, 0.25) is 5.88 Å². The van der Waals surface area contributed by atoms with E-state index in [2.05, 4.69) is 10.3 Å². The lowest BCUT2D eigenvalue weighted by Gasteiger charge is -2.42. The molecular weight excluding hydrogens is 481 g/mol. The molecule has 1 saturated carbocycles. The molecule has 1 aromatic carbocycles. The van der Waals surface area contributed by atoms with Crippen LogP contribution in [0, 0.1) is 11.3 Å². The van der Waals surface area contributed by atoms with E-state index in [1.54, 1.807) is 24.4 Å². The molecule has 3 fully saturated rings.